The zero-order chi connectivity index (χ0) is 15.8. The molecule has 134 valence electrons. The average Bonchev–Trinajstić information content (AvgIpc) is 2.45. The average molecular weight is 449 g/mol. The second-order valence-electron chi connectivity index (χ2n) is 5.65. The largest absolute Gasteiger partial charge is 0.691 e. The Labute approximate surface area is 163 Å². The van der Waals surface area contributed by atoms with Gasteiger partial charge in [-0.3, -0.25) is 0 Å². The first-order valence-corrected chi connectivity index (χ1v) is 12.4. The Kier molecular flexibility index (Phi) is 22.2. The van der Waals surface area contributed by atoms with Crippen LogP contribution in [-0.2, 0) is 54.2 Å². The summed E-state index contributed by atoms with van der Waals surface area (Å²) in [4.78, 5) is 0. The molecule has 0 spiro atoms. The van der Waals surface area contributed by atoms with Crippen molar-refractivity contribution in [3.63, 3.8) is 0 Å². The standard InChI is InChI=1S/C16H35O2PS2.Mo/c1-3-5-7-9-11-13-15-17-19(20,21)18-16-14-12-10-8-6-4-2;/h3-16H2,1-2H3,(H,20,21);/p-1. The first kappa shape index (κ1) is 25.8. The summed E-state index contributed by atoms with van der Waals surface area (Å²) in [6, 6.07) is 0. The van der Waals surface area contributed by atoms with Gasteiger partial charge in [-0.1, -0.05) is 89.9 Å². The zero-order valence-corrected chi connectivity index (χ0v) is 18.9. The minimum atomic E-state index is -2.40. The van der Waals surface area contributed by atoms with Gasteiger partial charge in [-0.15, -0.1) is 0 Å². The Hall–Kier alpha value is 1.61. The van der Waals surface area contributed by atoms with Crippen LogP contribution >= 0.6 is 5.69 Å². The van der Waals surface area contributed by atoms with Crippen LogP contribution in [-0.4, -0.2) is 13.2 Å². The van der Waals surface area contributed by atoms with Gasteiger partial charge in [-0.05, 0) is 12.8 Å². The van der Waals surface area contributed by atoms with E-state index in [-0.39, 0.29) is 21.1 Å². The van der Waals surface area contributed by atoms with Crippen molar-refractivity contribution in [3.05, 3.63) is 0 Å². The molecule has 22 heavy (non-hydrogen) atoms. The third-order valence-corrected chi connectivity index (χ3v) is 5.76. The van der Waals surface area contributed by atoms with Crippen molar-refractivity contribution >= 4 is 29.7 Å². The molecule has 6 heteroatoms. The van der Waals surface area contributed by atoms with Crippen molar-refractivity contribution in [2.45, 2.75) is 90.9 Å². The van der Waals surface area contributed by atoms with Crippen LogP contribution in [0.5, 0.6) is 0 Å². The molecule has 0 amide bonds. The maximum Gasteiger partial charge on any atom is 0.0563 e. The maximum absolute atomic E-state index is 5.60. The van der Waals surface area contributed by atoms with E-state index in [0.717, 1.165) is 12.8 Å². The SMILES string of the molecule is CCCCCCCCOP(=S)([S-])OCCCCCCCC.[Mo]. The van der Waals surface area contributed by atoms with E-state index in [9.17, 15) is 0 Å². The summed E-state index contributed by atoms with van der Waals surface area (Å²) in [5.41, 5.74) is -2.40. The predicted molar refractivity (Wildman–Crippen MR) is 100 cm³/mol. The smallest absolute Gasteiger partial charge is 0.0563 e. The van der Waals surface area contributed by atoms with Crippen molar-refractivity contribution in [3.8, 4) is 0 Å². The molecule has 0 saturated heterocycles. The number of hydrogen-bond acceptors (Lipinski definition) is 4. The van der Waals surface area contributed by atoms with E-state index < -0.39 is 5.69 Å². The molecule has 0 N–H and O–H groups in total. The molecule has 2 nitrogen and oxygen atoms in total. The molecule has 0 atom stereocenters. The summed E-state index contributed by atoms with van der Waals surface area (Å²) in [7, 11) is 0. The van der Waals surface area contributed by atoms with E-state index in [2.05, 4.69) is 13.8 Å². The fourth-order valence-corrected chi connectivity index (χ4v) is 3.83. The van der Waals surface area contributed by atoms with E-state index in [0.29, 0.717) is 13.2 Å². The zero-order valence-electron chi connectivity index (χ0n) is 14.4. The summed E-state index contributed by atoms with van der Waals surface area (Å²) in [6.07, 6.45) is 15.0. The molecule has 0 aromatic carbocycles. The topological polar surface area (TPSA) is 18.5 Å². The second-order valence-corrected chi connectivity index (χ2v) is 10.6. The van der Waals surface area contributed by atoms with Crippen LogP contribution in [0, 0.1) is 0 Å². The Bertz CT molecular complexity index is 247. The van der Waals surface area contributed by atoms with E-state index in [4.69, 9.17) is 33.1 Å². The minimum absolute atomic E-state index is 0. The van der Waals surface area contributed by atoms with Gasteiger partial charge < -0.3 is 21.3 Å². The van der Waals surface area contributed by atoms with Crippen LogP contribution in [0.15, 0.2) is 0 Å². The quantitative estimate of drug-likeness (QED) is 0.116. The predicted octanol–water partition coefficient (Wildman–Crippen LogP) is 6.51. The number of unbranched alkanes of at least 4 members (excludes halogenated alkanes) is 10. The first-order valence-electron chi connectivity index (χ1n) is 8.72. The molecule has 0 aliphatic heterocycles. The third kappa shape index (κ3) is 19.7. The van der Waals surface area contributed by atoms with Crippen molar-refractivity contribution in [2.24, 2.45) is 0 Å². The fraction of sp³-hybridized carbons (Fsp3) is 1.00. The van der Waals surface area contributed by atoms with E-state index in [1.54, 1.807) is 0 Å². The summed E-state index contributed by atoms with van der Waals surface area (Å²) < 4.78 is 11.2. The van der Waals surface area contributed by atoms with E-state index in [1.807, 2.05) is 0 Å². The molecule has 0 unspecified atom stereocenters. The van der Waals surface area contributed by atoms with Gasteiger partial charge in [0, 0.05) is 21.1 Å². The Balaban J connectivity index is 0. The van der Waals surface area contributed by atoms with Crippen LogP contribution in [0.2, 0.25) is 0 Å². The molecule has 0 heterocycles. The molecule has 0 fully saturated rings. The molecule has 0 bridgehead atoms. The van der Waals surface area contributed by atoms with Gasteiger partial charge in [-0.25, -0.2) is 0 Å². The van der Waals surface area contributed by atoms with Crippen molar-refractivity contribution in [1.82, 2.24) is 0 Å². The summed E-state index contributed by atoms with van der Waals surface area (Å²) in [5, 5.41) is 0. The van der Waals surface area contributed by atoms with Gasteiger partial charge in [0.1, 0.15) is 0 Å². The normalized spacial score (nSPS) is 11.4. The Morgan fingerprint density at radius 3 is 1.36 bits per heavy atom. The van der Waals surface area contributed by atoms with Gasteiger partial charge in [-0.2, -0.15) is 0 Å². The van der Waals surface area contributed by atoms with Gasteiger partial charge in [0.2, 0.25) is 0 Å². The molecular formula is C16H34MoO2PS2-. The van der Waals surface area contributed by atoms with E-state index >= 15 is 0 Å². The summed E-state index contributed by atoms with van der Waals surface area (Å²) in [5.74, 6) is 0. The van der Waals surface area contributed by atoms with Gasteiger partial charge >= 0.3 is 0 Å². The molecule has 0 rings (SSSR count). The third-order valence-electron chi connectivity index (χ3n) is 3.49. The van der Waals surface area contributed by atoms with E-state index in [1.165, 1.54) is 64.2 Å². The van der Waals surface area contributed by atoms with Crippen molar-refractivity contribution < 1.29 is 30.1 Å². The molecule has 0 saturated carbocycles. The molecule has 0 aliphatic carbocycles. The Morgan fingerprint density at radius 1 is 0.682 bits per heavy atom. The molecule has 0 aliphatic rings. The van der Waals surface area contributed by atoms with Crippen LogP contribution in [0.1, 0.15) is 90.9 Å². The fourth-order valence-electron chi connectivity index (χ4n) is 2.15. The van der Waals surface area contributed by atoms with Crippen LogP contribution < -0.4 is 0 Å². The molecule has 0 radical (unpaired) electrons. The summed E-state index contributed by atoms with van der Waals surface area (Å²) in [6.45, 7) is 5.81. The summed E-state index contributed by atoms with van der Waals surface area (Å²) >= 11 is 10.5. The minimum Gasteiger partial charge on any atom is -0.691 e. The first-order chi connectivity index (χ1) is 10.1. The second kappa shape index (κ2) is 18.9. The molecular weight excluding hydrogens is 415 g/mol. The van der Waals surface area contributed by atoms with Crippen LogP contribution in [0.3, 0.4) is 0 Å². The monoisotopic (exact) mass is 451 g/mol. The van der Waals surface area contributed by atoms with Crippen LogP contribution in [0.4, 0.5) is 0 Å². The molecule has 0 aromatic rings. The number of hydrogen-bond donors (Lipinski definition) is 0. The van der Waals surface area contributed by atoms with Gasteiger partial charge in [0.15, 0.2) is 0 Å². The van der Waals surface area contributed by atoms with Gasteiger partial charge in [0.05, 0.1) is 18.9 Å². The maximum atomic E-state index is 5.60. The van der Waals surface area contributed by atoms with Crippen molar-refractivity contribution in [1.29, 1.82) is 0 Å². The Morgan fingerprint density at radius 2 is 1.00 bits per heavy atom. The van der Waals surface area contributed by atoms with Gasteiger partial charge in [0.25, 0.3) is 0 Å². The van der Waals surface area contributed by atoms with Crippen molar-refractivity contribution in [2.75, 3.05) is 13.2 Å². The molecule has 0 aromatic heterocycles. The number of rotatable bonds is 16. The van der Waals surface area contributed by atoms with Crippen LogP contribution in [0.25, 0.3) is 0 Å².